The smallest absolute Gasteiger partial charge is 0.00683 e. The first-order chi connectivity index (χ1) is 10.3. The summed E-state index contributed by atoms with van der Waals surface area (Å²) in [4.78, 5) is 0. The maximum atomic E-state index is 3.85. The third-order valence-corrected chi connectivity index (χ3v) is 6.77. The van der Waals surface area contributed by atoms with Gasteiger partial charge in [-0.15, -0.1) is 0 Å². The summed E-state index contributed by atoms with van der Waals surface area (Å²) >= 11 is 0. The molecule has 0 spiro atoms. The molecule has 0 radical (unpaired) electrons. The summed E-state index contributed by atoms with van der Waals surface area (Å²) in [5.41, 5.74) is 0. The molecule has 0 aromatic heterocycles. The van der Waals surface area contributed by atoms with E-state index in [1.165, 1.54) is 70.8 Å². The Balaban J connectivity index is 1.57. The summed E-state index contributed by atoms with van der Waals surface area (Å²) in [6.45, 7) is 6.17. The van der Waals surface area contributed by atoms with Gasteiger partial charge in [-0.05, 0) is 74.7 Å². The van der Waals surface area contributed by atoms with E-state index in [0.29, 0.717) is 0 Å². The lowest BCUT2D eigenvalue weighted by Crippen LogP contribution is -2.38. The topological polar surface area (TPSA) is 12.0 Å². The van der Waals surface area contributed by atoms with Gasteiger partial charge in [-0.1, -0.05) is 46.0 Å². The first-order valence-electron chi connectivity index (χ1n) is 9.99. The van der Waals surface area contributed by atoms with Crippen molar-refractivity contribution in [3.63, 3.8) is 0 Å². The Morgan fingerprint density at radius 2 is 1.67 bits per heavy atom. The fourth-order valence-electron chi connectivity index (χ4n) is 5.18. The second kappa shape index (κ2) is 7.49. The zero-order valence-corrected chi connectivity index (χ0v) is 14.4. The second-order valence-electron chi connectivity index (χ2n) is 8.59. The number of hydrogen-bond acceptors (Lipinski definition) is 1. The van der Waals surface area contributed by atoms with Crippen LogP contribution < -0.4 is 5.32 Å². The van der Waals surface area contributed by atoms with Crippen LogP contribution in [0.5, 0.6) is 0 Å². The highest BCUT2D eigenvalue weighted by molar-refractivity contribution is 4.89. The average Bonchev–Trinajstić information content (AvgIpc) is 3.31. The molecule has 3 fully saturated rings. The van der Waals surface area contributed by atoms with E-state index in [2.05, 4.69) is 19.2 Å². The van der Waals surface area contributed by atoms with Gasteiger partial charge in [-0.3, -0.25) is 0 Å². The standard InChI is InChI=1S/C20H37N/c1-3-4-16-7-10-18(14-21-19-11-12-19)20(13-16)17-8-5-15(2)6-9-17/h15-21H,3-14H2,1-2H3. The fraction of sp³-hybridized carbons (Fsp3) is 1.00. The normalized spacial score (nSPS) is 41.1. The Kier molecular flexibility index (Phi) is 5.65. The Bertz CT molecular complexity index is 301. The molecule has 1 heteroatoms. The minimum atomic E-state index is 0.894. The molecule has 3 rings (SSSR count). The lowest BCUT2D eigenvalue weighted by molar-refractivity contribution is 0.0828. The monoisotopic (exact) mass is 291 g/mol. The van der Waals surface area contributed by atoms with E-state index in [1.807, 2.05) is 0 Å². The first kappa shape index (κ1) is 15.8. The number of nitrogens with one attached hydrogen (secondary N) is 1. The minimum Gasteiger partial charge on any atom is -0.314 e. The Morgan fingerprint density at radius 1 is 0.905 bits per heavy atom. The third kappa shape index (κ3) is 4.47. The molecular weight excluding hydrogens is 254 g/mol. The van der Waals surface area contributed by atoms with E-state index in [9.17, 15) is 0 Å². The molecule has 0 aromatic carbocycles. The van der Waals surface area contributed by atoms with Crippen LogP contribution in [-0.2, 0) is 0 Å². The molecule has 21 heavy (non-hydrogen) atoms. The SMILES string of the molecule is CCCC1CCC(CNC2CC2)C(C2CCC(C)CC2)C1. The Hall–Kier alpha value is -0.0400. The van der Waals surface area contributed by atoms with Gasteiger partial charge in [0.25, 0.3) is 0 Å². The Labute approximate surface area is 132 Å². The molecule has 0 amide bonds. The van der Waals surface area contributed by atoms with Crippen molar-refractivity contribution in [1.82, 2.24) is 5.32 Å². The van der Waals surface area contributed by atoms with Gasteiger partial charge in [0.05, 0.1) is 0 Å². The zero-order chi connectivity index (χ0) is 14.7. The maximum absolute atomic E-state index is 3.85. The summed E-state index contributed by atoms with van der Waals surface area (Å²) in [6.07, 6.45) is 16.4. The number of rotatable bonds is 6. The van der Waals surface area contributed by atoms with Crippen molar-refractivity contribution in [3.8, 4) is 0 Å². The molecule has 0 aromatic rings. The van der Waals surface area contributed by atoms with Gasteiger partial charge in [0, 0.05) is 6.04 Å². The second-order valence-corrected chi connectivity index (χ2v) is 8.59. The maximum Gasteiger partial charge on any atom is 0.00683 e. The highest BCUT2D eigenvalue weighted by Gasteiger charge is 2.37. The highest BCUT2D eigenvalue weighted by Crippen LogP contribution is 2.45. The average molecular weight is 292 g/mol. The van der Waals surface area contributed by atoms with Crippen molar-refractivity contribution in [2.75, 3.05) is 6.54 Å². The van der Waals surface area contributed by atoms with Gasteiger partial charge in [-0.2, -0.15) is 0 Å². The van der Waals surface area contributed by atoms with Gasteiger partial charge < -0.3 is 5.32 Å². The molecule has 0 aliphatic heterocycles. The van der Waals surface area contributed by atoms with Crippen LogP contribution in [0.3, 0.4) is 0 Å². The largest absolute Gasteiger partial charge is 0.314 e. The van der Waals surface area contributed by atoms with E-state index in [1.54, 1.807) is 6.42 Å². The van der Waals surface area contributed by atoms with Crippen molar-refractivity contribution in [2.24, 2.45) is 29.6 Å². The summed E-state index contributed by atoms with van der Waals surface area (Å²) < 4.78 is 0. The summed E-state index contributed by atoms with van der Waals surface area (Å²) in [6, 6.07) is 0.894. The molecule has 3 aliphatic rings. The van der Waals surface area contributed by atoms with Crippen LogP contribution in [0.25, 0.3) is 0 Å². The van der Waals surface area contributed by atoms with Gasteiger partial charge in [0.2, 0.25) is 0 Å². The van der Waals surface area contributed by atoms with Crippen LogP contribution in [0.1, 0.15) is 84.5 Å². The molecule has 1 N–H and O–H groups in total. The summed E-state index contributed by atoms with van der Waals surface area (Å²) in [5.74, 6) is 5.16. The summed E-state index contributed by atoms with van der Waals surface area (Å²) in [5, 5.41) is 3.85. The quantitative estimate of drug-likeness (QED) is 0.691. The fourth-order valence-corrected chi connectivity index (χ4v) is 5.18. The van der Waals surface area contributed by atoms with Crippen LogP contribution >= 0.6 is 0 Å². The van der Waals surface area contributed by atoms with E-state index in [4.69, 9.17) is 0 Å². The molecule has 3 unspecified atom stereocenters. The van der Waals surface area contributed by atoms with Gasteiger partial charge in [-0.25, -0.2) is 0 Å². The summed E-state index contributed by atoms with van der Waals surface area (Å²) in [7, 11) is 0. The van der Waals surface area contributed by atoms with E-state index < -0.39 is 0 Å². The van der Waals surface area contributed by atoms with Crippen molar-refractivity contribution in [2.45, 2.75) is 90.5 Å². The van der Waals surface area contributed by atoms with Crippen LogP contribution in [0.15, 0.2) is 0 Å². The van der Waals surface area contributed by atoms with E-state index in [0.717, 1.165) is 35.6 Å². The van der Waals surface area contributed by atoms with Crippen LogP contribution in [0, 0.1) is 29.6 Å². The van der Waals surface area contributed by atoms with Crippen molar-refractivity contribution >= 4 is 0 Å². The minimum absolute atomic E-state index is 0.894. The Morgan fingerprint density at radius 3 is 2.33 bits per heavy atom. The van der Waals surface area contributed by atoms with E-state index >= 15 is 0 Å². The molecule has 1 nitrogen and oxygen atoms in total. The third-order valence-electron chi connectivity index (χ3n) is 6.77. The first-order valence-corrected chi connectivity index (χ1v) is 9.99. The highest BCUT2D eigenvalue weighted by atomic mass is 14.9. The molecule has 0 bridgehead atoms. The molecule has 0 saturated heterocycles. The van der Waals surface area contributed by atoms with Crippen molar-refractivity contribution < 1.29 is 0 Å². The van der Waals surface area contributed by atoms with Crippen LogP contribution in [0.4, 0.5) is 0 Å². The molecule has 3 saturated carbocycles. The van der Waals surface area contributed by atoms with Crippen molar-refractivity contribution in [1.29, 1.82) is 0 Å². The lowest BCUT2D eigenvalue weighted by atomic mass is 9.63. The zero-order valence-electron chi connectivity index (χ0n) is 14.4. The molecule has 122 valence electrons. The van der Waals surface area contributed by atoms with Crippen LogP contribution in [0.2, 0.25) is 0 Å². The molecule has 3 atom stereocenters. The molecular formula is C20H37N. The van der Waals surface area contributed by atoms with Crippen LogP contribution in [-0.4, -0.2) is 12.6 Å². The van der Waals surface area contributed by atoms with Gasteiger partial charge in [0.15, 0.2) is 0 Å². The molecule has 3 aliphatic carbocycles. The van der Waals surface area contributed by atoms with E-state index in [-0.39, 0.29) is 0 Å². The molecule has 0 heterocycles. The predicted molar refractivity (Wildman–Crippen MR) is 91.4 cm³/mol. The predicted octanol–water partition coefficient (Wildman–Crippen LogP) is 5.40. The number of hydrogen-bond donors (Lipinski definition) is 1. The van der Waals surface area contributed by atoms with Crippen molar-refractivity contribution in [3.05, 3.63) is 0 Å². The lowest BCUT2D eigenvalue weighted by Gasteiger charge is -2.43. The van der Waals surface area contributed by atoms with Gasteiger partial charge >= 0.3 is 0 Å². The van der Waals surface area contributed by atoms with Gasteiger partial charge in [0.1, 0.15) is 0 Å².